The van der Waals surface area contributed by atoms with Crippen LogP contribution in [0.15, 0.2) is 0 Å². The van der Waals surface area contributed by atoms with Gasteiger partial charge in [-0.05, 0) is 41.5 Å². The molecule has 0 spiro atoms. The summed E-state index contributed by atoms with van der Waals surface area (Å²) < 4.78 is 1.52. The predicted molar refractivity (Wildman–Crippen MR) is 78.7 cm³/mol. The number of nitro groups is 1. The van der Waals surface area contributed by atoms with Crippen LogP contribution < -0.4 is 4.90 Å². The number of carboxylic acids is 1. The van der Waals surface area contributed by atoms with Crippen molar-refractivity contribution in [3.05, 3.63) is 15.8 Å². The van der Waals surface area contributed by atoms with E-state index >= 15 is 0 Å². The van der Waals surface area contributed by atoms with Crippen LogP contribution in [0.25, 0.3) is 0 Å². The molecule has 1 aromatic rings. The highest BCUT2D eigenvalue weighted by molar-refractivity contribution is 5.83. The second-order valence-corrected chi connectivity index (χ2v) is 5.66. The van der Waals surface area contributed by atoms with E-state index in [0.717, 1.165) is 0 Å². The van der Waals surface area contributed by atoms with Crippen LogP contribution in [0.2, 0.25) is 0 Å². The number of hydrogen-bond donors (Lipinski definition) is 1. The largest absolute Gasteiger partial charge is 0.480 e. The normalized spacial score (nSPS) is 11.8. The number of rotatable bonds is 6. The van der Waals surface area contributed by atoms with Gasteiger partial charge in [0, 0.05) is 12.6 Å². The van der Waals surface area contributed by atoms with E-state index in [0.29, 0.717) is 6.54 Å². The summed E-state index contributed by atoms with van der Waals surface area (Å²) in [7, 11) is 0. The Morgan fingerprint density at radius 3 is 2.38 bits per heavy atom. The summed E-state index contributed by atoms with van der Waals surface area (Å²) in [5.41, 5.74) is -1.14. The zero-order chi connectivity index (χ0) is 16.5. The Balaban J connectivity index is 3.65. The molecule has 1 rings (SSSR count). The molecule has 0 bridgehead atoms. The van der Waals surface area contributed by atoms with Crippen LogP contribution in [0.1, 0.15) is 46.4 Å². The summed E-state index contributed by atoms with van der Waals surface area (Å²) in [4.78, 5) is 23.9. The molecule has 118 valence electrons. The van der Waals surface area contributed by atoms with E-state index in [9.17, 15) is 20.0 Å². The quantitative estimate of drug-likeness (QED) is 0.639. The molecule has 0 radical (unpaired) electrons. The second-order valence-electron chi connectivity index (χ2n) is 5.66. The SMILES string of the molecule is CCN(c1c([N+](=O)[O-])c(C)nn1C(C)C)C(C)(C)C(=O)O. The monoisotopic (exact) mass is 298 g/mol. The third kappa shape index (κ3) is 2.84. The van der Waals surface area contributed by atoms with Crippen molar-refractivity contribution in [2.45, 2.75) is 53.1 Å². The van der Waals surface area contributed by atoms with Crippen molar-refractivity contribution in [3.63, 3.8) is 0 Å². The number of aromatic nitrogens is 2. The molecule has 0 aromatic carbocycles. The lowest BCUT2D eigenvalue weighted by Gasteiger charge is -2.35. The molecule has 0 saturated heterocycles. The minimum absolute atomic E-state index is 0.119. The lowest BCUT2D eigenvalue weighted by molar-refractivity contribution is -0.384. The van der Waals surface area contributed by atoms with Crippen LogP contribution >= 0.6 is 0 Å². The fourth-order valence-corrected chi connectivity index (χ4v) is 2.28. The maximum absolute atomic E-state index is 11.5. The topological polar surface area (TPSA) is 101 Å². The van der Waals surface area contributed by atoms with Gasteiger partial charge in [-0.15, -0.1) is 0 Å². The Hall–Kier alpha value is -2.12. The number of carboxylic acid groups (broad SMARTS) is 1. The molecule has 0 amide bonds. The van der Waals surface area contributed by atoms with Gasteiger partial charge in [-0.2, -0.15) is 5.10 Å². The number of anilines is 1. The van der Waals surface area contributed by atoms with Gasteiger partial charge in [0.1, 0.15) is 11.2 Å². The Labute approximate surface area is 123 Å². The molecular weight excluding hydrogens is 276 g/mol. The summed E-state index contributed by atoms with van der Waals surface area (Å²) in [5, 5.41) is 25.0. The predicted octanol–water partition coefficient (Wildman–Crippen LogP) is 2.37. The average Bonchev–Trinajstić information content (AvgIpc) is 2.67. The highest BCUT2D eigenvalue weighted by Crippen LogP contribution is 2.37. The van der Waals surface area contributed by atoms with Crippen molar-refractivity contribution in [1.29, 1.82) is 0 Å². The second kappa shape index (κ2) is 5.71. The van der Waals surface area contributed by atoms with Gasteiger partial charge < -0.3 is 10.0 Å². The van der Waals surface area contributed by atoms with Crippen molar-refractivity contribution >= 4 is 17.5 Å². The minimum atomic E-state index is -1.28. The minimum Gasteiger partial charge on any atom is -0.480 e. The molecule has 8 nitrogen and oxygen atoms in total. The van der Waals surface area contributed by atoms with Gasteiger partial charge in [-0.3, -0.25) is 10.1 Å². The number of aliphatic carboxylic acids is 1. The lowest BCUT2D eigenvalue weighted by atomic mass is 10.0. The Bertz CT molecular complexity index is 563. The van der Waals surface area contributed by atoms with Gasteiger partial charge in [0.25, 0.3) is 0 Å². The molecule has 0 saturated carbocycles. The molecule has 8 heteroatoms. The van der Waals surface area contributed by atoms with Gasteiger partial charge in [-0.1, -0.05) is 0 Å². The average molecular weight is 298 g/mol. The maximum atomic E-state index is 11.5. The first-order chi connectivity index (χ1) is 9.55. The summed E-state index contributed by atoms with van der Waals surface area (Å²) in [5.74, 6) is -0.810. The first-order valence-electron chi connectivity index (χ1n) is 6.80. The van der Waals surface area contributed by atoms with Crippen LogP contribution in [-0.4, -0.2) is 37.9 Å². The zero-order valence-corrected chi connectivity index (χ0v) is 13.2. The van der Waals surface area contributed by atoms with Crippen molar-refractivity contribution in [3.8, 4) is 0 Å². The van der Waals surface area contributed by atoms with Crippen LogP contribution in [0, 0.1) is 17.0 Å². The molecule has 0 aliphatic carbocycles. The number of aryl methyl sites for hydroxylation is 1. The smallest absolute Gasteiger partial charge is 0.333 e. The fourth-order valence-electron chi connectivity index (χ4n) is 2.28. The molecule has 0 aliphatic heterocycles. The first kappa shape index (κ1) is 16.9. The highest BCUT2D eigenvalue weighted by Gasteiger charge is 2.41. The third-order valence-electron chi connectivity index (χ3n) is 3.47. The fraction of sp³-hybridized carbons (Fsp3) is 0.692. The van der Waals surface area contributed by atoms with E-state index in [-0.39, 0.29) is 23.2 Å². The van der Waals surface area contributed by atoms with Gasteiger partial charge in [0.05, 0.1) is 4.92 Å². The van der Waals surface area contributed by atoms with E-state index in [4.69, 9.17) is 0 Å². The molecule has 21 heavy (non-hydrogen) atoms. The molecule has 0 atom stereocenters. The Morgan fingerprint density at radius 1 is 1.52 bits per heavy atom. The summed E-state index contributed by atoms with van der Waals surface area (Å²) in [6.07, 6.45) is 0. The Kier molecular flexibility index (Phi) is 4.60. The van der Waals surface area contributed by atoms with Crippen molar-refractivity contribution in [2.75, 3.05) is 11.4 Å². The van der Waals surface area contributed by atoms with E-state index in [1.54, 1.807) is 13.8 Å². The molecule has 1 aromatic heterocycles. The molecule has 1 N–H and O–H groups in total. The summed E-state index contributed by atoms with van der Waals surface area (Å²) in [6, 6.07) is -0.119. The van der Waals surface area contributed by atoms with E-state index in [1.165, 1.54) is 23.4 Å². The Morgan fingerprint density at radius 2 is 2.05 bits per heavy atom. The van der Waals surface area contributed by atoms with Gasteiger partial charge in [0.15, 0.2) is 0 Å². The highest BCUT2D eigenvalue weighted by atomic mass is 16.6. The molecule has 0 aliphatic rings. The molecular formula is C13H22N4O4. The molecule has 1 heterocycles. The summed E-state index contributed by atoms with van der Waals surface area (Å²) >= 11 is 0. The maximum Gasteiger partial charge on any atom is 0.333 e. The van der Waals surface area contributed by atoms with Crippen molar-refractivity contribution in [1.82, 2.24) is 9.78 Å². The van der Waals surface area contributed by atoms with Crippen LogP contribution in [0.5, 0.6) is 0 Å². The standard InChI is InChI=1S/C13H22N4O4/c1-7-15(13(5,6)12(18)19)11-10(17(20)21)9(4)14-16(11)8(2)3/h8H,7H2,1-6H3,(H,18,19). The van der Waals surface area contributed by atoms with Crippen LogP contribution in [0.4, 0.5) is 11.5 Å². The number of hydrogen-bond acceptors (Lipinski definition) is 5. The van der Waals surface area contributed by atoms with Crippen molar-refractivity contribution in [2.24, 2.45) is 0 Å². The number of nitrogens with zero attached hydrogens (tertiary/aromatic N) is 4. The van der Waals surface area contributed by atoms with Gasteiger partial charge in [0.2, 0.25) is 5.82 Å². The van der Waals surface area contributed by atoms with Gasteiger partial charge in [-0.25, -0.2) is 9.48 Å². The van der Waals surface area contributed by atoms with E-state index in [1.807, 2.05) is 13.8 Å². The van der Waals surface area contributed by atoms with E-state index in [2.05, 4.69) is 5.10 Å². The van der Waals surface area contributed by atoms with E-state index < -0.39 is 16.4 Å². The van der Waals surface area contributed by atoms with Gasteiger partial charge >= 0.3 is 11.7 Å². The van der Waals surface area contributed by atoms with Crippen LogP contribution in [0.3, 0.4) is 0 Å². The first-order valence-corrected chi connectivity index (χ1v) is 6.80. The molecule has 0 fully saturated rings. The van der Waals surface area contributed by atoms with Crippen molar-refractivity contribution < 1.29 is 14.8 Å². The summed E-state index contributed by atoms with van der Waals surface area (Å²) in [6.45, 7) is 10.4. The third-order valence-corrected chi connectivity index (χ3v) is 3.47. The van der Waals surface area contributed by atoms with Crippen LogP contribution in [-0.2, 0) is 4.79 Å². The molecule has 0 unspecified atom stereocenters. The number of carbonyl (C=O) groups is 1. The zero-order valence-electron chi connectivity index (χ0n) is 13.2. The number of likely N-dealkylation sites (N-methyl/N-ethyl adjacent to an activating group) is 1. The lowest BCUT2D eigenvalue weighted by Crippen LogP contribution is -2.51.